The van der Waals surface area contributed by atoms with E-state index in [1.807, 2.05) is 29.7 Å². The summed E-state index contributed by atoms with van der Waals surface area (Å²) in [6.07, 6.45) is 1.84. The molecule has 0 aliphatic rings. The van der Waals surface area contributed by atoms with E-state index in [2.05, 4.69) is 108 Å². The summed E-state index contributed by atoms with van der Waals surface area (Å²) in [5.74, 6) is 0. The van der Waals surface area contributed by atoms with Gasteiger partial charge in [0.25, 0.3) is 0 Å². The highest BCUT2D eigenvalue weighted by Gasteiger charge is 2.12. The Bertz CT molecular complexity index is 1830. The van der Waals surface area contributed by atoms with Gasteiger partial charge in [0.15, 0.2) is 0 Å². The molecule has 0 aliphatic carbocycles. The molecule has 3 heterocycles. The van der Waals surface area contributed by atoms with Crippen molar-refractivity contribution in [1.29, 1.82) is 0 Å². The molecule has 0 saturated carbocycles. The lowest BCUT2D eigenvalue weighted by Crippen LogP contribution is -1.92. The predicted octanol–water partition coefficient (Wildman–Crippen LogP) is 9.00. The lowest BCUT2D eigenvalue weighted by molar-refractivity contribution is 1.32. The Morgan fingerprint density at radius 2 is 1.29 bits per heavy atom. The van der Waals surface area contributed by atoms with Crippen molar-refractivity contribution >= 4 is 42.4 Å². The average molecular weight is 465 g/mol. The van der Waals surface area contributed by atoms with E-state index in [1.165, 1.54) is 31.3 Å². The average Bonchev–Trinajstić information content (AvgIpc) is 3.32. The number of nitrogens with zero attached hydrogens (tertiary/aromatic N) is 2. The molecule has 7 aromatic rings. The van der Waals surface area contributed by atoms with Crippen molar-refractivity contribution in [2.75, 3.05) is 0 Å². The first-order valence-corrected chi connectivity index (χ1v) is 12.5. The van der Waals surface area contributed by atoms with Gasteiger partial charge in [0, 0.05) is 42.9 Å². The van der Waals surface area contributed by atoms with E-state index < -0.39 is 0 Å². The zero-order valence-electron chi connectivity index (χ0n) is 18.8. The summed E-state index contributed by atoms with van der Waals surface area (Å²) in [6, 6.07) is 40.5. The second kappa shape index (κ2) is 8.15. The van der Waals surface area contributed by atoms with Gasteiger partial charge in [-0.05, 0) is 35.4 Å². The van der Waals surface area contributed by atoms with E-state index in [-0.39, 0.29) is 0 Å². The molecular formula is C32H20N2S. The summed E-state index contributed by atoms with van der Waals surface area (Å²) >= 11 is 1.86. The van der Waals surface area contributed by atoms with Crippen molar-refractivity contribution < 1.29 is 0 Å². The van der Waals surface area contributed by atoms with Crippen LogP contribution >= 0.6 is 11.3 Å². The molecule has 0 radical (unpaired) electrons. The van der Waals surface area contributed by atoms with Crippen LogP contribution in [0.4, 0.5) is 0 Å². The standard InChI is InChI=1S/C32H20N2S/c1-2-8-23(9-3-1)31-27-13-7-19-33-29(27)20-28(34-31)22-17-15-21(16-18-22)24-11-6-12-26-25-10-4-5-14-30(25)35-32(24)26/h1-20H. The summed E-state index contributed by atoms with van der Waals surface area (Å²) in [5.41, 5.74) is 7.52. The van der Waals surface area contributed by atoms with Gasteiger partial charge < -0.3 is 0 Å². The Morgan fingerprint density at radius 3 is 2.17 bits per heavy atom. The van der Waals surface area contributed by atoms with Crippen LogP contribution in [0.5, 0.6) is 0 Å². The number of fused-ring (bicyclic) bond motifs is 4. The number of thiophene rings is 1. The first-order chi connectivity index (χ1) is 17.3. The maximum absolute atomic E-state index is 5.08. The summed E-state index contributed by atoms with van der Waals surface area (Å²) in [4.78, 5) is 9.72. The molecule has 7 rings (SSSR count). The highest BCUT2D eigenvalue weighted by molar-refractivity contribution is 7.26. The predicted molar refractivity (Wildman–Crippen MR) is 149 cm³/mol. The Balaban J connectivity index is 1.35. The molecule has 0 unspecified atom stereocenters. The first-order valence-electron chi connectivity index (χ1n) is 11.7. The fraction of sp³-hybridized carbons (Fsp3) is 0. The van der Waals surface area contributed by atoms with Crippen LogP contribution in [0.1, 0.15) is 0 Å². The molecule has 0 amide bonds. The van der Waals surface area contributed by atoms with E-state index in [9.17, 15) is 0 Å². The van der Waals surface area contributed by atoms with Crippen LogP contribution in [0, 0.1) is 0 Å². The van der Waals surface area contributed by atoms with Crippen molar-refractivity contribution in [3.8, 4) is 33.6 Å². The lowest BCUT2D eigenvalue weighted by atomic mass is 9.99. The third-order valence-corrected chi connectivity index (χ3v) is 7.76. The minimum Gasteiger partial charge on any atom is -0.256 e. The SMILES string of the molecule is c1ccc(-c2nc(-c3ccc(-c4cccc5c4sc4ccccc45)cc3)cc3ncccc23)cc1. The maximum atomic E-state index is 5.08. The molecular weight excluding hydrogens is 444 g/mol. The van der Waals surface area contributed by atoms with Crippen LogP contribution in [0.15, 0.2) is 121 Å². The van der Waals surface area contributed by atoms with Gasteiger partial charge >= 0.3 is 0 Å². The molecule has 0 bridgehead atoms. The van der Waals surface area contributed by atoms with Crippen molar-refractivity contribution in [3.63, 3.8) is 0 Å². The number of hydrogen-bond acceptors (Lipinski definition) is 3. The van der Waals surface area contributed by atoms with Gasteiger partial charge in [-0.3, -0.25) is 4.98 Å². The molecule has 2 nitrogen and oxygen atoms in total. The van der Waals surface area contributed by atoms with Crippen LogP contribution in [0.25, 0.3) is 64.7 Å². The van der Waals surface area contributed by atoms with Crippen LogP contribution in [0.2, 0.25) is 0 Å². The first kappa shape index (κ1) is 20.1. The van der Waals surface area contributed by atoms with Gasteiger partial charge in [0.2, 0.25) is 0 Å². The van der Waals surface area contributed by atoms with Crippen LogP contribution in [-0.4, -0.2) is 9.97 Å². The normalized spacial score (nSPS) is 11.4. The zero-order valence-corrected chi connectivity index (χ0v) is 19.7. The number of aromatic nitrogens is 2. The smallest absolute Gasteiger partial charge is 0.0803 e. The Kier molecular flexibility index (Phi) is 4.68. The summed E-state index contributed by atoms with van der Waals surface area (Å²) in [6.45, 7) is 0. The van der Waals surface area contributed by atoms with Crippen LogP contribution in [-0.2, 0) is 0 Å². The van der Waals surface area contributed by atoms with Gasteiger partial charge in [0.1, 0.15) is 0 Å². The number of benzene rings is 4. The highest BCUT2D eigenvalue weighted by Crippen LogP contribution is 2.40. The van der Waals surface area contributed by atoms with E-state index in [1.54, 1.807) is 0 Å². The minimum atomic E-state index is 0.932. The zero-order chi connectivity index (χ0) is 23.2. The number of pyridine rings is 2. The molecule has 4 aromatic carbocycles. The lowest BCUT2D eigenvalue weighted by Gasteiger charge is -2.10. The Labute approximate surface area is 207 Å². The van der Waals surface area contributed by atoms with Gasteiger partial charge in [-0.25, -0.2) is 4.98 Å². The van der Waals surface area contributed by atoms with Gasteiger partial charge in [0.05, 0.1) is 16.9 Å². The topological polar surface area (TPSA) is 25.8 Å². The van der Waals surface area contributed by atoms with Gasteiger partial charge in [-0.1, -0.05) is 91.0 Å². The summed E-state index contributed by atoms with van der Waals surface area (Å²) in [7, 11) is 0. The van der Waals surface area contributed by atoms with Crippen LogP contribution < -0.4 is 0 Å². The highest BCUT2D eigenvalue weighted by atomic mass is 32.1. The molecule has 0 atom stereocenters. The molecule has 0 spiro atoms. The monoisotopic (exact) mass is 464 g/mol. The molecule has 35 heavy (non-hydrogen) atoms. The molecule has 0 aliphatic heterocycles. The van der Waals surface area contributed by atoms with Crippen molar-refractivity contribution in [3.05, 3.63) is 121 Å². The van der Waals surface area contributed by atoms with Crippen molar-refractivity contribution in [2.24, 2.45) is 0 Å². The largest absolute Gasteiger partial charge is 0.256 e. The second-order valence-electron chi connectivity index (χ2n) is 8.65. The van der Waals surface area contributed by atoms with E-state index in [0.717, 1.165) is 33.4 Å². The maximum Gasteiger partial charge on any atom is 0.0803 e. The van der Waals surface area contributed by atoms with E-state index in [4.69, 9.17) is 4.98 Å². The molecule has 0 N–H and O–H groups in total. The Hall–Kier alpha value is -4.34. The van der Waals surface area contributed by atoms with Crippen LogP contribution in [0.3, 0.4) is 0 Å². The third-order valence-electron chi connectivity index (χ3n) is 6.54. The number of hydrogen-bond donors (Lipinski definition) is 0. The second-order valence-corrected chi connectivity index (χ2v) is 9.70. The molecule has 3 heteroatoms. The van der Waals surface area contributed by atoms with Gasteiger partial charge in [-0.2, -0.15) is 0 Å². The molecule has 164 valence electrons. The molecule has 0 saturated heterocycles. The third kappa shape index (κ3) is 3.40. The molecule has 3 aromatic heterocycles. The van der Waals surface area contributed by atoms with E-state index >= 15 is 0 Å². The van der Waals surface area contributed by atoms with Crippen molar-refractivity contribution in [1.82, 2.24) is 9.97 Å². The summed E-state index contributed by atoms with van der Waals surface area (Å²) < 4.78 is 2.66. The molecule has 0 fully saturated rings. The van der Waals surface area contributed by atoms with Gasteiger partial charge in [-0.15, -0.1) is 11.3 Å². The Morgan fingerprint density at radius 1 is 0.543 bits per heavy atom. The number of rotatable bonds is 3. The van der Waals surface area contributed by atoms with Crippen molar-refractivity contribution in [2.45, 2.75) is 0 Å². The fourth-order valence-corrected chi connectivity index (χ4v) is 6.07. The minimum absolute atomic E-state index is 0.932. The summed E-state index contributed by atoms with van der Waals surface area (Å²) in [5, 5.41) is 3.71. The quantitative estimate of drug-likeness (QED) is 0.261. The fourth-order valence-electron chi connectivity index (χ4n) is 4.83. The van der Waals surface area contributed by atoms with E-state index in [0.29, 0.717) is 0 Å².